The fraction of sp³-hybridized carbons (Fsp3) is 0.286. The molecule has 1 aromatic heterocycles. The minimum absolute atomic E-state index is 0.671. The highest BCUT2D eigenvalue weighted by Gasteiger charge is 2.09. The Kier molecular flexibility index (Phi) is 3.96. The Morgan fingerprint density at radius 3 is 2.78 bits per heavy atom. The van der Waals surface area contributed by atoms with Crippen molar-refractivity contribution in [3.63, 3.8) is 0 Å². The van der Waals surface area contributed by atoms with Crippen LogP contribution in [0.5, 0.6) is 0 Å². The molecule has 0 saturated carbocycles. The van der Waals surface area contributed by atoms with E-state index in [-0.39, 0.29) is 0 Å². The lowest BCUT2D eigenvalue weighted by Gasteiger charge is -2.16. The Morgan fingerprint density at radius 2 is 2.11 bits per heavy atom. The molecule has 0 atom stereocenters. The van der Waals surface area contributed by atoms with Crippen molar-refractivity contribution in [3.8, 4) is 17.3 Å². The van der Waals surface area contributed by atoms with Gasteiger partial charge in [0.05, 0.1) is 17.3 Å². The third kappa shape index (κ3) is 2.52. The van der Waals surface area contributed by atoms with Gasteiger partial charge in [-0.05, 0) is 26.0 Å². The summed E-state index contributed by atoms with van der Waals surface area (Å²) in [6.07, 6.45) is 0. The SMILES string of the molecule is CCN(CC)c1nc(-c2cccc(C#N)c2)cs1. The number of hydrogen-bond donors (Lipinski definition) is 0. The summed E-state index contributed by atoms with van der Waals surface area (Å²) in [5, 5.41) is 12.0. The summed E-state index contributed by atoms with van der Waals surface area (Å²) in [5.74, 6) is 0. The van der Waals surface area contributed by atoms with Crippen molar-refractivity contribution < 1.29 is 0 Å². The summed E-state index contributed by atoms with van der Waals surface area (Å²) < 4.78 is 0. The zero-order valence-electron chi connectivity index (χ0n) is 10.6. The van der Waals surface area contributed by atoms with Crippen molar-refractivity contribution in [1.29, 1.82) is 5.26 Å². The molecule has 4 heteroatoms. The molecule has 0 radical (unpaired) electrons. The Hall–Kier alpha value is -1.86. The Labute approximate surface area is 111 Å². The maximum Gasteiger partial charge on any atom is 0.185 e. The van der Waals surface area contributed by atoms with E-state index < -0.39 is 0 Å². The van der Waals surface area contributed by atoms with Crippen molar-refractivity contribution in [2.24, 2.45) is 0 Å². The molecule has 1 aromatic carbocycles. The van der Waals surface area contributed by atoms with Gasteiger partial charge < -0.3 is 4.90 Å². The first kappa shape index (κ1) is 12.6. The first-order chi connectivity index (χ1) is 8.78. The first-order valence-electron chi connectivity index (χ1n) is 5.99. The third-order valence-electron chi connectivity index (χ3n) is 2.81. The topological polar surface area (TPSA) is 39.9 Å². The van der Waals surface area contributed by atoms with Gasteiger partial charge in [0.1, 0.15) is 0 Å². The second kappa shape index (κ2) is 5.65. The minimum atomic E-state index is 0.671. The number of benzene rings is 1. The third-order valence-corrected chi connectivity index (χ3v) is 3.71. The molecule has 0 spiro atoms. The summed E-state index contributed by atoms with van der Waals surface area (Å²) in [5.41, 5.74) is 2.62. The van der Waals surface area contributed by atoms with Crippen LogP contribution in [0.15, 0.2) is 29.6 Å². The highest BCUT2D eigenvalue weighted by atomic mass is 32.1. The predicted octanol–water partition coefficient (Wildman–Crippen LogP) is 3.53. The quantitative estimate of drug-likeness (QED) is 0.841. The van der Waals surface area contributed by atoms with Gasteiger partial charge in [0.25, 0.3) is 0 Å². The summed E-state index contributed by atoms with van der Waals surface area (Å²) in [4.78, 5) is 6.86. The number of hydrogen-bond acceptors (Lipinski definition) is 4. The molecule has 0 amide bonds. The Balaban J connectivity index is 2.32. The molecule has 0 aliphatic carbocycles. The van der Waals surface area contributed by atoms with Crippen LogP contribution < -0.4 is 4.90 Å². The molecule has 0 bridgehead atoms. The van der Waals surface area contributed by atoms with E-state index in [0.29, 0.717) is 5.56 Å². The summed E-state index contributed by atoms with van der Waals surface area (Å²) in [6, 6.07) is 9.72. The fourth-order valence-electron chi connectivity index (χ4n) is 1.78. The van der Waals surface area contributed by atoms with E-state index in [9.17, 15) is 0 Å². The monoisotopic (exact) mass is 257 g/mol. The lowest BCUT2D eigenvalue weighted by atomic mass is 10.1. The average Bonchev–Trinajstić information content (AvgIpc) is 2.90. The van der Waals surface area contributed by atoms with Crippen LogP contribution in [0.1, 0.15) is 19.4 Å². The number of anilines is 1. The number of aromatic nitrogens is 1. The largest absolute Gasteiger partial charge is 0.349 e. The van der Waals surface area contributed by atoms with Crippen LogP contribution >= 0.6 is 11.3 Å². The zero-order valence-corrected chi connectivity index (χ0v) is 11.4. The Morgan fingerprint density at radius 1 is 1.33 bits per heavy atom. The lowest BCUT2D eigenvalue weighted by molar-refractivity contribution is 0.860. The normalized spacial score (nSPS) is 10.1. The second-order valence-corrected chi connectivity index (χ2v) is 4.72. The van der Waals surface area contributed by atoms with E-state index in [4.69, 9.17) is 5.26 Å². The maximum atomic E-state index is 8.90. The van der Waals surface area contributed by atoms with E-state index >= 15 is 0 Å². The molecule has 18 heavy (non-hydrogen) atoms. The van der Waals surface area contributed by atoms with Crippen LogP contribution in [0.4, 0.5) is 5.13 Å². The fourth-order valence-corrected chi connectivity index (χ4v) is 2.75. The number of thiazole rings is 1. The minimum Gasteiger partial charge on any atom is -0.349 e. The van der Waals surface area contributed by atoms with Crippen LogP contribution in [0, 0.1) is 11.3 Å². The van der Waals surface area contributed by atoms with Gasteiger partial charge in [-0.1, -0.05) is 12.1 Å². The van der Waals surface area contributed by atoms with Crippen molar-refractivity contribution in [3.05, 3.63) is 35.2 Å². The van der Waals surface area contributed by atoms with Gasteiger partial charge in [-0.15, -0.1) is 11.3 Å². The van der Waals surface area contributed by atoms with Crippen LogP contribution in [0.25, 0.3) is 11.3 Å². The smallest absolute Gasteiger partial charge is 0.185 e. The van der Waals surface area contributed by atoms with Crippen LogP contribution in [-0.4, -0.2) is 18.1 Å². The molecular formula is C14H15N3S. The van der Waals surface area contributed by atoms with E-state index in [1.54, 1.807) is 17.4 Å². The molecule has 3 nitrogen and oxygen atoms in total. The summed E-state index contributed by atoms with van der Waals surface area (Å²) >= 11 is 1.65. The highest BCUT2D eigenvalue weighted by Crippen LogP contribution is 2.27. The molecule has 0 aliphatic heterocycles. The van der Waals surface area contributed by atoms with E-state index in [2.05, 4.69) is 29.8 Å². The molecule has 0 fully saturated rings. The zero-order chi connectivity index (χ0) is 13.0. The van der Waals surface area contributed by atoms with Gasteiger partial charge >= 0.3 is 0 Å². The van der Waals surface area contributed by atoms with Crippen molar-refractivity contribution in [2.45, 2.75) is 13.8 Å². The highest BCUT2D eigenvalue weighted by molar-refractivity contribution is 7.14. The van der Waals surface area contributed by atoms with Crippen molar-refractivity contribution in [2.75, 3.05) is 18.0 Å². The Bertz CT molecular complexity index is 564. The molecule has 2 rings (SSSR count). The van der Waals surface area contributed by atoms with Crippen molar-refractivity contribution in [1.82, 2.24) is 4.98 Å². The van der Waals surface area contributed by atoms with Gasteiger partial charge in [-0.3, -0.25) is 0 Å². The standard InChI is InChI=1S/C14H15N3S/c1-3-17(4-2)14-16-13(10-18-14)12-7-5-6-11(8-12)9-15/h5-8,10H,3-4H2,1-2H3. The molecular weight excluding hydrogens is 242 g/mol. The molecule has 1 heterocycles. The molecule has 0 unspecified atom stereocenters. The molecule has 0 aliphatic rings. The second-order valence-electron chi connectivity index (χ2n) is 3.88. The van der Waals surface area contributed by atoms with Gasteiger partial charge in [0.15, 0.2) is 5.13 Å². The van der Waals surface area contributed by atoms with E-state index in [0.717, 1.165) is 29.5 Å². The number of nitriles is 1. The van der Waals surface area contributed by atoms with E-state index in [1.807, 2.05) is 23.6 Å². The molecule has 2 aromatic rings. The van der Waals surface area contributed by atoms with Crippen LogP contribution in [-0.2, 0) is 0 Å². The van der Waals surface area contributed by atoms with Gasteiger partial charge in [0, 0.05) is 24.0 Å². The van der Waals surface area contributed by atoms with Crippen LogP contribution in [0.2, 0.25) is 0 Å². The lowest BCUT2D eigenvalue weighted by Crippen LogP contribution is -2.21. The molecule has 0 saturated heterocycles. The first-order valence-corrected chi connectivity index (χ1v) is 6.87. The van der Waals surface area contributed by atoms with Gasteiger partial charge in [-0.25, -0.2) is 4.98 Å². The van der Waals surface area contributed by atoms with Crippen molar-refractivity contribution >= 4 is 16.5 Å². The predicted molar refractivity (Wildman–Crippen MR) is 75.8 cm³/mol. The number of rotatable bonds is 4. The average molecular weight is 257 g/mol. The maximum absolute atomic E-state index is 8.90. The van der Waals surface area contributed by atoms with Crippen LogP contribution in [0.3, 0.4) is 0 Å². The molecule has 92 valence electrons. The van der Waals surface area contributed by atoms with E-state index in [1.165, 1.54) is 0 Å². The van der Waals surface area contributed by atoms with Gasteiger partial charge in [0.2, 0.25) is 0 Å². The molecule has 0 N–H and O–H groups in total. The summed E-state index contributed by atoms with van der Waals surface area (Å²) in [7, 11) is 0. The summed E-state index contributed by atoms with van der Waals surface area (Å²) in [6.45, 7) is 6.17. The van der Waals surface area contributed by atoms with Gasteiger partial charge in [-0.2, -0.15) is 5.26 Å². The number of nitrogens with zero attached hydrogens (tertiary/aromatic N) is 3.